The van der Waals surface area contributed by atoms with Crippen LogP contribution in [0.3, 0.4) is 0 Å². The quantitative estimate of drug-likeness (QED) is 0.216. The van der Waals surface area contributed by atoms with Crippen molar-refractivity contribution in [2.75, 3.05) is 0 Å². The summed E-state index contributed by atoms with van der Waals surface area (Å²) in [5.41, 5.74) is 4.95. The summed E-state index contributed by atoms with van der Waals surface area (Å²) in [6.07, 6.45) is 0. The molecule has 0 fully saturated rings. The van der Waals surface area contributed by atoms with E-state index in [1.165, 1.54) is 85.4 Å². The predicted molar refractivity (Wildman–Crippen MR) is 167 cm³/mol. The van der Waals surface area contributed by atoms with Gasteiger partial charge in [-0.3, -0.25) is 0 Å². The van der Waals surface area contributed by atoms with Crippen molar-refractivity contribution < 1.29 is 0 Å². The number of benzene rings is 7. The molecule has 2 heteroatoms. The summed E-state index contributed by atoms with van der Waals surface area (Å²) in [5.74, 6) is 0. The van der Waals surface area contributed by atoms with E-state index in [0.29, 0.717) is 0 Å². The van der Waals surface area contributed by atoms with Crippen molar-refractivity contribution in [2.24, 2.45) is 0 Å². The van der Waals surface area contributed by atoms with Crippen LogP contribution in [0.2, 0.25) is 0 Å². The number of thiophene rings is 1. The molecule has 1 nitrogen and oxygen atoms in total. The third-order valence-corrected chi connectivity index (χ3v) is 9.27. The van der Waals surface area contributed by atoms with Crippen LogP contribution in [0.15, 0.2) is 121 Å². The van der Waals surface area contributed by atoms with Gasteiger partial charge in [0.2, 0.25) is 0 Å². The molecule has 0 bridgehead atoms. The Morgan fingerprint density at radius 1 is 0.421 bits per heavy atom. The second-order valence-corrected chi connectivity index (χ2v) is 11.3. The summed E-state index contributed by atoms with van der Waals surface area (Å²) in [6, 6.07) is 44.8. The van der Waals surface area contributed by atoms with E-state index in [1.54, 1.807) is 0 Å². The molecular weight excluding hydrogens is 478 g/mol. The maximum Gasteiger partial charge on any atom is 0.0479 e. The molecule has 0 saturated carbocycles. The highest BCUT2D eigenvalue weighted by Crippen LogP contribution is 2.43. The number of fused-ring (bicyclic) bond motifs is 11. The Morgan fingerprint density at radius 3 is 2.11 bits per heavy atom. The first-order chi connectivity index (χ1) is 18.8. The van der Waals surface area contributed by atoms with E-state index >= 15 is 0 Å². The average Bonchev–Trinajstić information content (AvgIpc) is 3.52. The van der Waals surface area contributed by atoms with Gasteiger partial charge < -0.3 is 4.98 Å². The van der Waals surface area contributed by atoms with Crippen LogP contribution in [0.4, 0.5) is 0 Å². The molecule has 1 N–H and O–H groups in total. The first-order valence-corrected chi connectivity index (χ1v) is 13.8. The standard InChI is InChI=1S/C36H21NS/c1-2-8-24-21(7-1)18-29(27-10-4-3-9-26(24)27)23-13-15-25-22(17-23)14-16-34-36(25)31-19-30-28-11-5-6-12-32(28)37-33(30)20-35(31)38-34/h1-20,37H. The highest BCUT2D eigenvalue weighted by Gasteiger charge is 2.14. The minimum absolute atomic E-state index is 1.20. The lowest BCUT2D eigenvalue weighted by Gasteiger charge is -2.12. The molecule has 0 radical (unpaired) electrons. The second kappa shape index (κ2) is 7.44. The molecule has 9 rings (SSSR count). The Kier molecular flexibility index (Phi) is 3.99. The van der Waals surface area contributed by atoms with Crippen LogP contribution >= 0.6 is 11.3 Å². The zero-order valence-electron chi connectivity index (χ0n) is 20.5. The van der Waals surface area contributed by atoms with Crippen LogP contribution in [-0.2, 0) is 0 Å². The van der Waals surface area contributed by atoms with Crippen molar-refractivity contribution in [3.63, 3.8) is 0 Å². The van der Waals surface area contributed by atoms with E-state index in [2.05, 4.69) is 126 Å². The van der Waals surface area contributed by atoms with Gasteiger partial charge >= 0.3 is 0 Å². The minimum Gasteiger partial charge on any atom is -0.354 e. The SMILES string of the molecule is c1ccc2c(c1)cc(-c1ccc3c(ccc4sc5cc6[nH]c7ccccc7c6cc5c43)c1)c1ccccc12. The van der Waals surface area contributed by atoms with E-state index in [-0.39, 0.29) is 0 Å². The van der Waals surface area contributed by atoms with E-state index < -0.39 is 0 Å². The number of nitrogens with one attached hydrogen (secondary N) is 1. The number of hydrogen-bond acceptors (Lipinski definition) is 1. The fourth-order valence-corrected chi connectivity index (χ4v) is 7.55. The summed E-state index contributed by atoms with van der Waals surface area (Å²) in [5, 5.41) is 13.1. The first kappa shape index (κ1) is 20.4. The van der Waals surface area contributed by atoms with Crippen molar-refractivity contribution in [1.82, 2.24) is 4.98 Å². The highest BCUT2D eigenvalue weighted by molar-refractivity contribution is 7.26. The Morgan fingerprint density at radius 2 is 1.18 bits per heavy atom. The van der Waals surface area contributed by atoms with Crippen molar-refractivity contribution in [3.05, 3.63) is 121 Å². The molecule has 0 aliphatic carbocycles. The molecule has 2 heterocycles. The molecule has 0 spiro atoms. The van der Waals surface area contributed by atoms with E-state index in [0.717, 1.165) is 0 Å². The molecule has 0 unspecified atom stereocenters. The smallest absolute Gasteiger partial charge is 0.0479 e. The molecular formula is C36H21NS. The van der Waals surface area contributed by atoms with Gasteiger partial charge in [-0.05, 0) is 79.8 Å². The van der Waals surface area contributed by atoms with Crippen LogP contribution in [0.5, 0.6) is 0 Å². The van der Waals surface area contributed by atoms with Gasteiger partial charge in [-0.1, -0.05) is 84.9 Å². The van der Waals surface area contributed by atoms with Crippen molar-refractivity contribution >= 4 is 85.6 Å². The summed E-state index contributed by atoms with van der Waals surface area (Å²) < 4.78 is 2.67. The first-order valence-electron chi connectivity index (χ1n) is 13.0. The van der Waals surface area contributed by atoms with Crippen LogP contribution in [0.1, 0.15) is 0 Å². The molecule has 0 saturated heterocycles. The van der Waals surface area contributed by atoms with Gasteiger partial charge in [0.05, 0.1) is 0 Å². The Hall–Kier alpha value is -4.66. The molecule has 9 aromatic rings. The van der Waals surface area contributed by atoms with Crippen molar-refractivity contribution in [2.45, 2.75) is 0 Å². The number of rotatable bonds is 1. The van der Waals surface area contributed by atoms with Crippen LogP contribution in [0, 0.1) is 0 Å². The third kappa shape index (κ3) is 2.75. The number of hydrogen-bond donors (Lipinski definition) is 1. The molecule has 0 atom stereocenters. The molecule has 2 aromatic heterocycles. The molecule has 0 amide bonds. The molecule has 0 aliphatic rings. The maximum atomic E-state index is 3.61. The number of aromatic amines is 1. The number of aromatic nitrogens is 1. The topological polar surface area (TPSA) is 15.8 Å². The van der Waals surface area contributed by atoms with Crippen LogP contribution < -0.4 is 0 Å². The molecule has 176 valence electrons. The van der Waals surface area contributed by atoms with E-state index in [9.17, 15) is 0 Å². The van der Waals surface area contributed by atoms with Gasteiger partial charge in [-0.2, -0.15) is 0 Å². The van der Waals surface area contributed by atoms with E-state index in [1.807, 2.05) is 11.3 Å². The second-order valence-electron chi connectivity index (χ2n) is 10.2. The molecule has 7 aromatic carbocycles. The largest absolute Gasteiger partial charge is 0.354 e. The monoisotopic (exact) mass is 499 g/mol. The summed E-state index contributed by atoms with van der Waals surface area (Å²) in [7, 11) is 0. The lowest BCUT2D eigenvalue weighted by molar-refractivity contribution is 1.56. The van der Waals surface area contributed by atoms with E-state index in [4.69, 9.17) is 0 Å². The van der Waals surface area contributed by atoms with Gasteiger partial charge in [0.15, 0.2) is 0 Å². The minimum atomic E-state index is 1.20. The fraction of sp³-hybridized carbons (Fsp3) is 0. The number of para-hydroxylation sites is 1. The average molecular weight is 500 g/mol. The highest BCUT2D eigenvalue weighted by atomic mass is 32.1. The Labute approximate surface area is 222 Å². The fourth-order valence-electron chi connectivity index (χ4n) is 6.41. The zero-order valence-corrected chi connectivity index (χ0v) is 21.3. The molecule has 38 heavy (non-hydrogen) atoms. The Balaban J connectivity index is 1.33. The summed E-state index contributed by atoms with van der Waals surface area (Å²) in [4.78, 5) is 3.61. The lowest BCUT2D eigenvalue weighted by Crippen LogP contribution is -1.85. The number of H-pyrrole nitrogens is 1. The normalized spacial score (nSPS) is 12.2. The zero-order chi connectivity index (χ0) is 24.8. The lowest BCUT2D eigenvalue weighted by atomic mass is 9.92. The van der Waals surface area contributed by atoms with Gasteiger partial charge in [0, 0.05) is 42.0 Å². The van der Waals surface area contributed by atoms with Gasteiger partial charge in [0.25, 0.3) is 0 Å². The molecule has 0 aliphatic heterocycles. The van der Waals surface area contributed by atoms with Gasteiger partial charge in [-0.15, -0.1) is 11.3 Å². The van der Waals surface area contributed by atoms with Crippen LogP contribution in [0.25, 0.3) is 85.4 Å². The predicted octanol–water partition coefficient (Wildman–Crippen LogP) is 10.8. The Bertz CT molecular complexity index is 2400. The van der Waals surface area contributed by atoms with Gasteiger partial charge in [0.1, 0.15) is 0 Å². The van der Waals surface area contributed by atoms with Crippen LogP contribution in [-0.4, -0.2) is 4.98 Å². The van der Waals surface area contributed by atoms with Crippen molar-refractivity contribution in [3.8, 4) is 11.1 Å². The summed E-state index contributed by atoms with van der Waals surface area (Å²) in [6.45, 7) is 0. The summed E-state index contributed by atoms with van der Waals surface area (Å²) >= 11 is 1.89. The third-order valence-electron chi connectivity index (χ3n) is 8.16. The van der Waals surface area contributed by atoms with Crippen molar-refractivity contribution in [1.29, 1.82) is 0 Å². The van der Waals surface area contributed by atoms with Gasteiger partial charge in [-0.25, -0.2) is 0 Å². The maximum absolute atomic E-state index is 3.61.